The Kier molecular flexibility index (Phi) is 7.39. The molecule has 3 rings (SSSR count). The van der Waals surface area contributed by atoms with Gasteiger partial charge in [0, 0.05) is 35.5 Å². The minimum atomic E-state index is -0.688. The number of ether oxygens (including phenoxy) is 1. The molecule has 0 aliphatic carbocycles. The number of nitro groups is 1. The third-order valence-corrected chi connectivity index (χ3v) is 5.58. The van der Waals surface area contributed by atoms with Crippen molar-refractivity contribution in [2.24, 2.45) is 11.7 Å². The molecule has 182 valence electrons. The van der Waals surface area contributed by atoms with Crippen molar-refractivity contribution in [2.75, 3.05) is 13.7 Å². The molecule has 0 aliphatic heterocycles. The summed E-state index contributed by atoms with van der Waals surface area (Å²) in [5, 5.41) is 14.1. The van der Waals surface area contributed by atoms with Gasteiger partial charge in [-0.15, -0.1) is 0 Å². The lowest BCUT2D eigenvalue weighted by molar-refractivity contribution is -0.384. The highest BCUT2D eigenvalue weighted by atomic mass is 16.6. The number of aryl methyl sites for hydroxylation is 1. The maximum Gasteiger partial charge on any atom is 0.269 e. The number of nitrogens with zero attached hydrogens (tertiary/aromatic N) is 1. The molecular weight excluding hydrogens is 448 g/mol. The number of aromatic nitrogens is 1. The number of rotatable bonds is 9. The van der Waals surface area contributed by atoms with E-state index in [1.165, 1.54) is 19.2 Å². The number of nitro benzene ring substituents is 1. The number of hydrogen-bond donors (Lipinski definition) is 3. The quantitative estimate of drug-likeness (QED) is 0.303. The summed E-state index contributed by atoms with van der Waals surface area (Å²) in [6, 6.07) is 9.49. The van der Waals surface area contributed by atoms with Crippen LogP contribution in [0.15, 0.2) is 43.0 Å². The van der Waals surface area contributed by atoms with E-state index in [0.29, 0.717) is 51.4 Å². The van der Waals surface area contributed by atoms with Gasteiger partial charge in [-0.1, -0.05) is 26.5 Å². The molecule has 0 saturated carbocycles. The van der Waals surface area contributed by atoms with Crippen LogP contribution in [0, 0.1) is 23.0 Å². The van der Waals surface area contributed by atoms with Crippen LogP contribution in [-0.4, -0.2) is 35.4 Å². The second-order valence-electron chi connectivity index (χ2n) is 8.51. The maximum atomic E-state index is 12.7. The van der Waals surface area contributed by atoms with Gasteiger partial charge in [-0.3, -0.25) is 19.7 Å². The van der Waals surface area contributed by atoms with E-state index >= 15 is 0 Å². The predicted octanol–water partition coefficient (Wildman–Crippen LogP) is 4.70. The molecule has 0 saturated heterocycles. The Labute approximate surface area is 203 Å². The average Bonchev–Trinajstić information content (AvgIpc) is 3.21. The molecule has 3 aromatic rings. The largest absolute Gasteiger partial charge is 0.496 e. The van der Waals surface area contributed by atoms with Gasteiger partial charge in [0.15, 0.2) is 0 Å². The van der Waals surface area contributed by atoms with Gasteiger partial charge in [0.1, 0.15) is 11.4 Å². The maximum absolute atomic E-state index is 12.7. The number of H-pyrrole nitrogens is 1. The number of carbonyl (C=O) groups excluding carboxylic acids is 2. The van der Waals surface area contributed by atoms with E-state index in [0.717, 1.165) is 0 Å². The first-order chi connectivity index (χ1) is 16.6. The zero-order valence-corrected chi connectivity index (χ0v) is 20.1. The SMILES string of the molecule is C=Cc1[nH]c(C(N)=O)c(-c2ccc(C(=O)NCC(C)C)c(OC)c2)c1-c1ccc([N+](=O)[O-])cc1C. The highest BCUT2D eigenvalue weighted by Gasteiger charge is 2.25. The molecule has 0 bridgehead atoms. The van der Waals surface area contributed by atoms with Crippen LogP contribution in [0.25, 0.3) is 28.3 Å². The first-order valence-electron chi connectivity index (χ1n) is 11.0. The standard InChI is InChI=1S/C26H28N4O5/c1-6-20-23(18-10-8-17(30(33)34)11-15(18)4)22(24(29-20)25(27)31)16-7-9-19(21(12-16)35-5)26(32)28-13-14(2)3/h6-12,14,29H,1,13H2,2-5H3,(H2,27,31)(H,28,32). The van der Waals surface area contributed by atoms with Crippen LogP contribution < -0.4 is 15.8 Å². The van der Waals surface area contributed by atoms with Crippen molar-refractivity contribution in [1.29, 1.82) is 0 Å². The summed E-state index contributed by atoms with van der Waals surface area (Å²) in [7, 11) is 1.46. The van der Waals surface area contributed by atoms with Crippen LogP contribution >= 0.6 is 0 Å². The fourth-order valence-corrected chi connectivity index (χ4v) is 3.89. The summed E-state index contributed by atoms with van der Waals surface area (Å²) in [4.78, 5) is 38.8. The van der Waals surface area contributed by atoms with Crippen LogP contribution in [0.2, 0.25) is 0 Å². The Morgan fingerprint density at radius 2 is 1.94 bits per heavy atom. The molecular formula is C26H28N4O5. The van der Waals surface area contributed by atoms with Crippen molar-refractivity contribution < 1.29 is 19.2 Å². The number of nitrogens with two attached hydrogens (primary N) is 1. The molecule has 2 amide bonds. The molecule has 4 N–H and O–H groups in total. The molecule has 1 aromatic heterocycles. The van der Waals surface area contributed by atoms with Gasteiger partial charge in [0.25, 0.3) is 17.5 Å². The van der Waals surface area contributed by atoms with E-state index in [-0.39, 0.29) is 23.2 Å². The normalized spacial score (nSPS) is 10.8. The van der Waals surface area contributed by atoms with Crippen LogP contribution in [-0.2, 0) is 0 Å². The molecule has 0 fully saturated rings. The van der Waals surface area contributed by atoms with Gasteiger partial charge in [-0.2, -0.15) is 0 Å². The smallest absolute Gasteiger partial charge is 0.269 e. The fraction of sp³-hybridized carbons (Fsp3) is 0.231. The van der Waals surface area contributed by atoms with Crippen molar-refractivity contribution in [3.63, 3.8) is 0 Å². The molecule has 35 heavy (non-hydrogen) atoms. The highest BCUT2D eigenvalue weighted by Crippen LogP contribution is 2.42. The van der Waals surface area contributed by atoms with Crippen LogP contribution in [0.4, 0.5) is 5.69 Å². The molecule has 0 spiro atoms. The predicted molar refractivity (Wildman–Crippen MR) is 135 cm³/mol. The highest BCUT2D eigenvalue weighted by molar-refractivity contribution is 6.06. The molecule has 9 nitrogen and oxygen atoms in total. The number of aromatic amines is 1. The van der Waals surface area contributed by atoms with Crippen molar-refractivity contribution in [3.05, 3.63) is 75.6 Å². The molecule has 0 aliphatic rings. The molecule has 0 unspecified atom stereocenters. The second-order valence-corrected chi connectivity index (χ2v) is 8.51. The number of nitrogens with one attached hydrogen (secondary N) is 2. The van der Waals surface area contributed by atoms with Gasteiger partial charge in [-0.05, 0) is 53.8 Å². The molecule has 1 heterocycles. The number of primary amides is 1. The Morgan fingerprint density at radius 1 is 1.23 bits per heavy atom. The topological polar surface area (TPSA) is 140 Å². The van der Waals surface area contributed by atoms with E-state index in [4.69, 9.17) is 10.5 Å². The lowest BCUT2D eigenvalue weighted by Crippen LogP contribution is -2.27. The third-order valence-electron chi connectivity index (χ3n) is 5.58. The summed E-state index contributed by atoms with van der Waals surface area (Å²) < 4.78 is 5.50. The van der Waals surface area contributed by atoms with Crippen LogP contribution in [0.1, 0.15) is 46.0 Å². The van der Waals surface area contributed by atoms with Crippen LogP contribution in [0.5, 0.6) is 5.75 Å². The fourth-order valence-electron chi connectivity index (χ4n) is 3.89. The summed E-state index contributed by atoms with van der Waals surface area (Å²) in [5.41, 5.74) is 9.65. The van der Waals surface area contributed by atoms with Crippen molar-refractivity contribution >= 4 is 23.6 Å². The Balaban J connectivity index is 2.24. The average molecular weight is 477 g/mol. The second kappa shape index (κ2) is 10.3. The van der Waals surface area contributed by atoms with Gasteiger partial charge in [-0.25, -0.2) is 0 Å². The minimum Gasteiger partial charge on any atom is -0.496 e. The summed E-state index contributed by atoms with van der Waals surface area (Å²) in [6.07, 6.45) is 1.55. The Morgan fingerprint density at radius 3 is 2.49 bits per heavy atom. The lowest BCUT2D eigenvalue weighted by atomic mass is 9.91. The molecule has 9 heteroatoms. The Hall–Kier alpha value is -4.40. The monoisotopic (exact) mass is 476 g/mol. The number of methoxy groups -OCH3 is 1. The Bertz CT molecular complexity index is 1320. The van der Waals surface area contributed by atoms with Crippen molar-refractivity contribution in [1.82, 2.24) is 10.3 Å². The van der Waals surface area contributed by atoms with Gasteiger partial charge >= 0.3 is 0 Å². The van der Waals surface area contributed by atoms with E-state index < -0.39 is 10.8 Å². The number of amides is 2. The lowest BCUT2D eigenvalue weighted by Gasteiger charge is -2.14. The van der Waals surface area contributed by atoms with Gasteiger partial charge in [0.05, 0.1) is 17.6 Å². The minimum absolute atomic E-state index is 0.0444. The molecule has 2 aromatic carbocycles. The van der Waals surface area contributed by atoms with Gasteiger partial charge in [0.2, 0.25) is 0 Å². The van der Waals surface area contributed by atoms with Crippen molar-refractivity contribution in [3.8, 4) is 28.0 Å². The summed E-state index contributed by atoms with van der Waals surface area (Å²) >= 11 is 0. The summed E-state index contributed by atoms with van der Waals surface area (Å²) in [5.74, 6) is -0.352. The van der Waals surface area contributed by atoms with Crippen molar-refractivity contribution in [2.45, 2.75) is 20.8 Å². The first-order valence-corrected chi connectivity index (χ1v) is 11.0. The van der Waals surface area contributed by atoms with Gasteiger partial charge < -0.3 is 20.8 Å². The van der Waals surface area contributed by atoms with E-state index in [9.17, 15) is 19.7 Å². The zero-order chi connectivity index (χ0) is 25.9. The van der Waals surface area contributed by atoms with E-state index in [2.05, 4.69) is 16.9 Å². The van der Waals surface area contributed by atoms with E-state index in [1.54, 1.807) is 37.3 Å². The zero-order valence-electron chi connectivity index (χ0n) is 20.1. The van der Waals surface area contributed by atoms with Crippen LogP contribution in [0.3, 0.4) is 0 Å². The number of hydrogen-bond acceptors (Lipinski definition) is 5. The summed E-state index contributed by atoms with van der Waals surface area (Å²) in [6.45, 7) is 10.1. The number of benzene rings is 2. The van der Waals surface area contributed by atoms with E-state index in [1.807, 2.05) is 13.8 Å². The molecule has 0 radical (unpaired) electrons. The third kappa shape index (κ3) is 5.08. The number of carbonyl (C=O) groups is 2. The number of non-ortho nitro benzene ring substituents is 1. The molecule has 0 atom stereocenters. The first kappa shape index (κ1) is 25.2.